The highest BCUT2D eigenvalue weighted by Gasteiger charge is 2.12. The molecule has 1 rings (SSSR count). The van der Waals surface area contributed by atoms with Gasteiger partial charge in [0, 0.05) is 14.0 Å². The number of halogens is 3. The fourth-order valence-electron chi connectivity index (χ4n) is 0.993. The number of anilines is 1. The number of nitrogens with zero attached hydrogens (tertiary/aromatic N) is 1. The minimum atomic E-state index is -1.09. The van der Waals surface area contributed by atoms with Crippen LogP contribution >= 0.6 is 0 Å². The van der Waals surface area contributed by atoms with Crippen molar-refractivity contribution in [3.8, 4) is 0 Å². The van der Waals surface area contributed by atoms with E-state index in [-0.39, 0.29) is 14.0 Å². The van der Waals surface area contributed by atoms with E-state index in [0.29, 0.717) is 5.56 Å². The molecule has 1 aromatic rings. The summed E-state index contributed by atoms with van der Waals surface area (Å²) >= 11 is 0. The normalized spacial score (nSPS) is 9.31. The van der Waals surface area contributed by atoms with Gasteiger partial charge >= 0.3 is 0 Å². The Bertz CT molecular complexity index is 302. The summed E-state index contributed by atoms with van der Waals surface area (Å²) < 4.78 is 37.0. The molecule has 0 saturated carbocycles. The average molecular weight is 186 g/mol. The predicted molar refractivity (Wildman–Crippen MR) is 46.3 cm³/mol. The Morgan fingerprint density at radius 3 is 2.15 bits per heavy atom. The van der Waals surface area contributed by atoms with Crippen molar-refractivity contribution in [2.45, 2.75) is 13.8 Å². The van der Waals surface area contributed by atoms with E-state index in [9.17, 15) is 13.4 Å². The Labute approximate surface area is 76.6 Å². The summed E-state index contributed by atoms with van der Waals surface area (Å²) in [4.78, 5) is 0. The Balaban J connectivity index is 0.00000144. The first-order valence-electron chi connectivity index (χ1n) is 3.41. The standard InChI is InChI=1S/C8H8F3N.B/c1-5-3-4-7(12(10)11)6(2)8(5)9;/h3-4H,1-2H3;. The van der Waals surface area contributed by atoms with E-state index in [2.05, 4.69) is 0 Å². The Morgan fingerprint density at radius 1 is 1.15 bits per heavy atom. The molecule has 0 aliphatic carbocycles. The van der Waals surface area contributed by atoms with Gasteiger partial charge in [-0.15, -0.1) is 0 Å². The van der Waals surface area contributed by atoms with Crippen LogP contribution < -0.4 is 5.34 Å². The maximum absolute atomic E-state index is 13.0. The maximum Gasteiger partial charge on any atom is 0.131 e. The van der Waals surface area contributed by atoms with Gasteiger partial charge < -0.3 is 0 Å². The summed E-state index contributed by atoms with van der Waals surface area (Å²) in [5.41, 5.74) is -0.0452. The zero-order valence-corrected chi connectivity index (χ0v) is 7.31. The first-order valence-corrected chi connectivity index (χ1v) is 3.41. The van der Waals surface area contributed by atoms with E-state index in [0.717, 1.165) is 0 Å². The quantitative estimate of drug-likeness (QED) is 0.481. The van der Waals surface area contributed by atoms with E-state index < -0.39 is 16.8 Å². The minimum Gasteiger partial charge on any atom is -0.206 e. The van der Waals surface area contributed by atoms with Gasteiger partial charge in [0.25, 0.3) is 0 Å². The second-order valence-electron chi connectivity index (χ2n) is 2.57. The van der Waals surface area contributed by atoms with Gasteiger partial charge in [-0.1, -0.05) is 15.0 Å². The van der Waals surface area contributed by atoms with Crippen molar-refractivity contribution >= 4 is 14.1 Å². The summed E-state index contributed by atoms with van der Waals surface area (Å²) in [5, 5.41) is -1.09. The summed E-state index contributed by atoms with van der Waals surface area (Å²) in [7, 11) is 0. The molecule has 3 radical (unpaired) electrons. The van der Waals surface area contributed by atoms with Gasteiger partial charge in [0.1, 0.15) is 11.5 Å². The van der Waals surface area contributed by atoms with E-state index in [1.807, 2.05) is 0 Å². The molecule has 1 aromatic carbocycles. The highest BCUT2D eigenvalue weighted by molar-refractivity contribution is 5.75. The van der Waals surface area contributed by atoms with Crippen LogP contribution in [0.2, 0.25) is 0 Å². The second kappa shape index (κ2) is 4.21. The van der Waals surface area contributed by atoms with Crippen LogP contribution in [0, 0.1) is 19.7 Å². The van der Waals surface area contributed by atoms with Crippen LogP contribution in [0.3, 0.4) is 0 Å². The van der Waals surface area contributed by atoms with Crippen LogP contribution in [0.5, 0.6) is 0 Å². The molecular formula is C8H8BF3N. The highest BCUT2D eigenvalue weighted by atomic mass is 19.4. The van der Waals surface area contributed by atoms with E-state index >= 15 is 0 Å². The SMILES string of the molecule is Cc1ccc(N(F)F)c(C)c1F.[B]. The lowest BCUT2D eigenvalue weighted by atomic mass is 10.1. The van der Waals surface area contributed by atoms with Crippen molar-refractivity contribution < 1.29 is 13.4 Å². The average Bonchev–Trinajstić information content (AvgIpc) is 2.00. The van der Waals surface area contributed by atoms with Crippen LogP contribution in [0.1, 0.15) is 11.1 Å². The van der Waals surface area contributed by atoms with Crippen molar-refractivity contribution in [3.05, 3.63) is 29.1 Å². The van der Waals surface area contributed by atoms with E-state index in [4.69, 9.17) is 0 Å². The molecule has 0 aromatic heterocycles. The molecule has 0 saturated heterocycles. The fourth-order valence-corrected chi connectivity index (χ4v) is 0.993. The number of hydrogen-bond acceptors (Lipinski definition) is 1. The first-order chi connectivity index (χ1) is 5.54. The van der Waals surface area contributed by atoms with Crippen LogP contribution in [0.25, 0.3) is 0 Å². The van der Waals surface area contributed by atoms with Gasteiger partial charge in [0.05, 0.1) is 0 Å². The van der Waals surface area contributed by atoms with Crippen molar-refractivity contribution in [2.24, 2.45) is 0 Å². The molecular weight excluding hydrogens is 178 g/mol. The molecule has 13 heavy (non-hydrogen) atoms. The summed E-state index contributed by atoms with van der Waals surface area (Å²) in [6.45, 7) is 2.86. The first kappa shape index (κ1) is 11.9. The van der Waals surface area contributed by atoms with Crippen molar-refractivity contribution in [1.82, 2.24) is 0 Å². The highest BCUT2D eigenvalue weighted by Crippen LogP contribution is 2.24. The van der Waals surface area contributed by atoms with Crippen molar-refractivity contribution in [2.75, 3.05) is 5.34 Å². The molecule has 0 aliphatic heterocycles. The lowest BCUT2D eigenvalue weighted by Crippen LogP contribution is -2.01. The van der Waals surface area contributed by atoms with Gasteiger partial charge in [-0.2, -0.15) is 0 Å². The molecule has 0 amide bonds. The number of benzene rings is 1. The molecule has 0 spiro atoms. The van der Waals surface area contributed by atoms with Crippen LogP contribution in [0.15, 0.2) is 12.1 Å². The molecule has 0 unspecified atom stereocenters. The van der Waals surface area contributed by atoms with Crippen molar-refractivity contribution in [3.63, 3.8) is 0 Å². The number of hydrogen-bond donors (Lipinski definition) is 0. The third-order valence-electron chi connectivity index (χ3n) is 1.73. The van der Waals surface area contributed by atoms with Crippen LogP contribution in [0.4, 0.5) is 19.0 Å². The number of aryl methyl sites for hydroxylation is 1. The topological polar surface area (TPSA) is 3.24 Å². The molecule has 0 bridgehead atoms. The smallest absolute Gasteiger partial charge is 0.131 e. The Kier molecular flexibility index (Phi) is 3.84. The van der Waals surface area contributed by atoms with Gasteiger partial charge in [-0.05, 0) is 30.8 Å². The minimum absolute atomic E-state index is 0. The van der Waals surface area contributed by atoms with Gasteiger partial charge in [0.2, 0.25) is 0 Å². The molecule has 69 valence electrons. The molecule has 5 heteroatoms. The largest absolute Gasteiger partial charge is 0.206 e. The summed E-state index contributed by atoms with van der Waals surface area (Å²) in [5.74, 6) is -0.576. The third kappa shape index (κ3) is 2.17. The second-order valence-corrected chi connectivity index (χ2v) is 2.57. The third-order valence-corrected chi connectivity index (χ3v) is 1.73. The number of rotatable bonds is 1. The zero-order chi connectivity index (χ0) is 9.30. The van der Waals surface area contributed by atoms with Gasteiger partial charge in [0.15, 0.2) is 0 Å². The molecule has 0 aliphatic rings. The van der Waals surface area contributed by atoms with E-state index in [1.165, 1.54) is 26.0 Å². The summed E-state index contributed by atoms with van der Waals surface area (Å²) in [6.07, 6.45) is 0. The van der Waals surface area contributed by atoms with Gasteiger partial charge in [-0.3, -0.25) is 0 Å². The molecule has 0 N–H and O–H groups in total. The lowest BCUT2D eigenvalue weighted by molar-refractivity contribution is 0.234. The molecule has 0 fully saturated rings. The monoisotopic (exact) mass is 186 g/mol. The molecule has 0 atom stereocenters. The Morgan fingerprint density at radius 2 is 1.69 bits per heavy atom. The lowest BCUT2D eigenvalue weighted by Gasteiger charge is -2.07. The maximum atomic E-state index is 13.0. The Hall–Kier alpha value is -1.13. The van der Waals surface area contributed by atoms with E-state index in [1.54, 1.807) is 0 Å². The fraction of sp³-hybridized carbons (Fsp3) is 0.250. The molecule has 1 nitrogen and oxygen atoms in total. The predicted octanol–water partition coefficient (Wildman–Crippen LogP) is 2.64. The summed E-state index contributed by atoms with van der Waals surface area (Å²) in [6, 6.07) is 2.51. The van der Waals surface area contributed by atoms with Gasteiger partial charge in [-0.25, -0.2) is 4.39 Å². The van der Waals surface area contributed by atoms with Crippen molar-refractivity contribution in [1.29, 1.82) is 0 Å². The molecule has 0 heterocycles. The van der Waals surface area contributed by atoms with Crippen LogP contribution in [-0.4, -0.2) is 8.41 Å². The van der Waals surface area contributed by atoms with Crippen LogP contribution in [-0.2, 0) is 0 Å². The zero-order valence-electron chi connectivity index (χ0n) is 7.31.